The van der Waals surface area contributed by atoms with Crippen molar-refractivity contribution in [3.8, 4) is 11.5 Å². The number of hydrogen-bond donors (Lipinski definition) is 2. The van der Waals surface area contributed by atoms with E-state index in [4.69, 9.17) is 4.74 Å². The van der Waals surface area contributed by atoms with Crippen LogP contribution in [0.25, 0.3) is 0 Å². The zero-order chi connectivity index (χ0) is 17.0. The molecule has 0 radical (unpaired) electrons. The molecule has 0 saturated carbocycles. The van der Waals surface area contributed by atoms with E-state index in [9.17, 15) is 18.4 Å². The molecule has 0 unspecified atom stereocenters. The number of ether oxygens (including phenoxy) is 2. The molecule has 0 aliphatic rings. The average Bonchev–Trinajstić information content (AvgIpc) is 2.48. The van der Waals surface area contributed by atoms with E-state index in [2.05, 4.69) is 26.6 Å². The lowest BCUT2D eigenvalue weighted by Crippen LogP contribution is -2.17. The van der Waals surface area contributed by atoms with Gasteiger partial charge in [0.05, 0.1) is 12.7 Å². The molecule has 1 heterocycles. The minimum Gasteiger partial charge on any atom is -0.491 e. The molecule has 0 spiro atoms. The number of aromatic nitrogens is 1. The molecule has 1 amide bonds. The number of H-pyrrole nitrogens is 1. The number of methoxy groups -OCH3 is 1. The molecule has 0 atom stereocenters. The molecule has 0 fully saturated rings. The highest BCUT2D eigenvalue weighted by Crippen LogP contribution is 2.26. The molecule has 2 aromatic rings. The summed E-state index contributed by atoms with van der Waals surface area (Å²) in [4.78, 5) is 25.7. The number of aromatic amines is 1. The molecule has 0 aliphatic heterocycles. The number of halogens is 3. The molecule has 0 aliphatic carbocycles. The second-order valence-corrected chi connectivity index (χ2v) is 4.75. The van der Waals surface area contributed by atoms with Crippen LogP contribution in [0.1, 0.15) is 10.4 Å². The number of alkyl halides is 3. The number of hydrogen-bond acceptors (Lipinski definition) is 4. The second-order valence-electron chi connectivity index (χ2n) is 4.31. The number of carbonyl (C=O) groups is 1. The summed E-state index contributed by atoms with van der Waals surface area (Å²) in [5.74, 6) is -0.685. The van der Waals surface area contributed by atoms with E-state index in [1.54, 1.807) is 0 Å². The Morgan fingerprint density at radius 1 is 1.30 bits per heavy atom. The number of anilines is 1. The largest absolute Gasteiger partial charge is 0.491 e. The minimum absolute atomic E-state index is 0.00857. The summed E-state index contributed by atoms with van der Waals surface area (Å²) in [6, 6.07) is 6.44. The maximum Gasteiger partial charge on any atom is 0.487 e. The Labute approximate surface area is 134 Å². The Morgan fingerprint density at radius 2 is 1.96 bits per heavy atom. The highest BCUT2D eigenvalue weighted by Gasteiger charge is 2.27. The van der Waals surface area contributed by atoms with E-state index < -0.39 is 17.0 Å². The maximum atomic E-state index is 12.5. The monoisotopic (exact) mass is 344 g/mol. The van der Waals surface area contributed by atoms with E-state index in [0.717, 1.165) is 0 Å². The van der Waals surface area contributed by atoms with Crippen molar-refractivity contribution in [2.24, 2.45) is 0 Å². The van der Waals surface area contributed by atoms with Crippen LogP contribution < -0.4 is 20.3 Å². The summed E-state index contributed by atoms with van der Waals surface area (Å²) >= 11 is 4.65. The Bertz CT molecular complexity index is 757. The topological polar surface area (TPSA) is 80.4 Å². The molecule has 6 nitrogen and oxygen atoms in total. The van der Waals surface area contributed by atoms with Gasteiger partial charge in [-0.05, 0) is 24.3 Å². The van der Waals surface area contributed by atoms with Crippen LogP contribution >= 0.6 is 11.6 Å². The van der Waals surface area contributed by atoms with Crippen molar-refractivity contribution in [1.29, 1.82) is 0 Å². The Balaban J connectivity index is 2.10. The van der Waals surface area contributed by atoms with Gasteiger partial charge in [-0.25, -0.2) is 0 Å². The fourth-order valence-corrected chi connectivity index (χ4v) is 1.78. The van der Waals surface area contributed by atoms with Crippen LogP contribution in [0.3, 0.4) is 0 Å². The Hall–Kier alpha value is -2.61. The van der Waals surface area contributed by atoms with Crippen LogP contribution in [-0.2, 0) is 0 Å². The van der Waals surface area contributed by atoms with Gasteiger partial charge < -0.3 is 19.8 Å². The van der Waals surface area contributed by atoms with Gasteiger partial charge in [0, 0.05) is 29.6 Å². The smallest absolute Gasteiger partial charge is 0.487 e. The summed E-state index contributed by atoms with van der Waals surface area (Å²) in [5, 5.41) is 2.53. The van der Waals surface area contributed by atoms with Crippen LogP contribution in [-0.4, -0.2) is 23.6 Å². The molecule has 1 aromatic heterocycles. The SMILES string of the molecule is COc1cc(C(=O)Nc2ccc(OC(F)(F)Cl)cc2)c[nH]c1=O. The van der Waals surface area contributed by atoms with Crippen molar-refractivity contribution >= 4 is 23.2 Å². The highest BCUT2D eigenvalue weighted by molar-refractivity contribution is 6.20. The molecule has 2 rings (SSSR count). The van der Waals surface area contributed by atoms with E-state index >= 15 is 0 Å². The van der Waals surface area contributed by atoms with Crippen LogP contribution in [0.4, 0.5) is 14.5 Å². The average molecular weight is 345 g/mol. The summed E-state index contributed by atoms with van der Waals surface area (Å²) in [6.45, 7) is 0. The van der Waals surface area contributed by atoms with Crippen LogP contribution in [0, 0.1) is 0 Å². The Morgan fingerprint density at radius 3 is 2.52 bits per heavy atom. The van der Waals surface area contributed by atoms with Crippen molar-refractivity contribution < 1.29 is 23.0 Å². The normalized spacial score (nSPS) is 11.0. The molecular weight excluding hydrogens is 334 g/mol. The fourth-order valence-electron chi connectivity index (χ4n) is 1.69. The lowest BCUT2D eigenvalue weighted by Gasteiger charge is -2.11. The quantitative estimate of drug-likeness (QED) is 0.817. The van der Waals surface area contributed by atoms with Gasteiger partial charge in [0.1, 0.15) is 5.75 Å². The number of rotatable bonds is 5. The number of benzene rings is 1. The van der Waals surface area contributed by atoms with E-state index in [1.807, 2.05) is 0 Å². The molecule has 0 bridgehead atoms. The molecular formula is C14H11ClF2N2O4. The number of nitrogens with one attached hydrogen (secondary N) is 2. The zero-order valence-electron chi connectivity index (χ0n) is 11.7. The third-order valence-electron chi connectivity index (χ3n) is 2.70. The predicted molar refractivity (Wildman–Crippen MR) is 79.4 cm³/mol. The summed E-state index contributed by atoms with van der Waals surface area (Å²) in [7, 11) is 1.30. The van der Waals surface area contributed by atoms with Gasteiger partial charge in [0.2, 0.25) is 0 Å². The van der Waals surface area contributed by atoms with Crippen molar-refractivity contribution in [2.75, 3.05) is 12.4 Å². The van der Waals surface area contributed by atoms with E-state index in [0.29, 0.717) is 5.69 Å². The van der Waals surface area contributed by atoms with Crippen molar-refractivity contribution in [2.45, 2.75) is 5.57 Å². The second kappa shape index (κ2) is 6.66. The van der Waals surface area contributed by atoms with Crippen molar-refractivity contribution in [3.63, 3.8) is 0 Å². The standard InChI is InChI=1S/C14H11ClF2N2O4/c1-22-11-6-8(7-18-13(11)21)12(20)19-9-2-4-10(5-3-9)23-14(15,16)17/h2-7H,1H3,(H,18,21)(H,19,20). The summed E-state index contributed by atoms with van der Waals surface area (Å²) in [5.41, 5.74) is -3.77. The van der Waals surface area contributed by atoms with E-state index in [-0.39, 0.29) is 17.1 Å². The van der Waals surface area contributed by atoms with Gasteiger partial charge in [-0.1, -0.05) is 0 Å². The van der Waals surface area contributed by atoms with Crippen molar-refractivity contribution in [1.82, 2.24) is 4.98 Å². The molecule has 1 aromatic carbocycles. The maximum absolute atomic E-state index is 12.5. The lowest BCUT2D eigenvalue weighted by atomic mass is 10.2. The molecule has 9 heteroatoms. The van der Waals surface area contributed by atoms with Gasteiger partial charge in [-0.2, -0.15) is 0 Å². The van der Waals surface area contributed by atoms with Gasteiger partial charge in [-0.15, -0.1) is 8.78 Å². The highest BCUT2D eigenvalue weighted by atomic mass is 35.5. The summed E-state index contributed by atoms with van der Waals surface area (Å²) < 4.78 is 33.9. The molecule has 23 heavy (non-hydrogen) atoms. The van der Waals surface area contributed by atoms with Gasteiger partial charge in [0.15, 0.2) is 5.75 Å². The lowest BCUT2D eigenvalue weighted by molar-refractivity contribution is -0.0964. The van der Waals surface area contributed by atoms with Gasteiger partial charge in [0.25, 0.3) is 11.5 Å². The predicted octanol–water partition coefficient (Wildman–Crippen LogP) is 2.80. The summed E-state index contributed by atoms with van der Waals surface area (Å²) in [6.07, 6.45) is 1.23. The number of amides is 1. The first-order chi connectivity index (χ1) is 10.8. The number of carbonyl (C=O) groups excluding carboxylic acids is 1. The first kappa shape index (κ1) is 16.8. The van der Waals surface area contributed by atoms with E-state index in [1.165, 1.54) is 43.6 Å². The van der Waals surface area contributed by atoms with Crippen LogP contribution in [0.15, 0.2) is 41.3 Å². The third kappa shape index (κ3) is 4.68. The van der Waals surface area contributed by atoms with Gasteiger partial charge >= 0.3 is 5.57 Å². The van der Waals surface area contributed by atoms with Crippen molar-refractivity contribution in [3.05, 3.63) is 52.4 Å². The first-order valence-electron chi connectivity index (χ1n) is 6.22. The van der Waals surface area contributed by atoms with Crippen LogP contribution in [0.5, 0.6) is 11.5 Å². The molecule has 0 saturated heterocycles. The minimum atomic E-state index is -3.81. The van der Waals surface area contributed by atoms with Gasteiger partial charge in [-0.3, -0.25) is 9.59 Å². The molecule has 2 N–H and O–H groups in total. The molecule has 122 valence electrons. The fraction of sp³-hybridized carbons (Fsp3) is 0.143. The van der Waals surface area contributed by atoms with Crippen LogP contribution in [0.2, 0.25) is 0 Å². The zero-order valence-corrected chi connectivity index (χ0v) is 12.5. The third-order valence-corrected chi connectivity index (χ3v) is 2.77. The first-order valence-corrected chi connectivity index (χ1v) is 6.60. The Kier molecular flexibility index (Phi) is 4.85. The number of pyridine rings is 1.